The average Bonchev–Trinajstić information content (AvgIpc) is 2.86. The molecule has 1 aromatic heterocycles. The molecule has 1 aliphatic rings. The Hall–Kier alpha value is -2.11. The summed E-state index contributed by atoms with van der Waals surface area (Å²) in [6, 6.07) is 10.9. The normalized spacial score (nSPS) is 15.6. The first-order valence-corrected chi connectivity index (χ1v) is 9.05. The van der Waals surface area contributed by atoms with Crippen molar-refractivity contribution in [1.82, 2.24) is 4.57 Å². The zero-order chi connectivity index (χ0) is 17.7. The van der Waals surface area contributed by atoms with Crippen molar-refractivity contribution in [1.29, 1.82) is 0 Å². The van der Waals surface area contributed by atoms with Crippen molar-refractivity contribution in [2.45, 2.75) is 19.4 Å². The molecule has 3 aromatic rings. The third-order valence-electron chi connectivity index (χ3n) is 4.49. The van der Waals surface area contributed by atoms with Crippen LogP contribution in [-0.4, -0.2) is 10.5 Å². The minimum absolute atomic E-state index is 0.130. The molecule has 0 radical (unpaired) electrons. The van der Waals surface area contributed by atoms with E-state index in [0.717, 1.165) is 22.0 Å². The highest BCUT2D eigenvalue weighted by molar-refractivity contribution is 9.10. The van der Waals surface area contributed by atoms with E-state index in [0.29, 0.717) is 16.1 Å². The molecule has 0 fully saturated rings. The number of anilines is 1. The number of hydrogen-bond donors (Lipinski definition) is 1. The number of amides is 1. The van der Waals surface area contributed by atoms with Crippen LogP contribution in [0.5, 0.6) is 0 Å². The van der Waals surface area contributed by atoms with E-state index in [1.165, 1.54) is 0 Å². The molecule has 1 aliphatic heterocycles. The Balaban J connectivity index is 1.85. The van der Waals surface area contributed by atoms with Gasteiger partial charge in [0.15, 0.2) is 0 Å². The predicted molar refractivity (Wildman–Crippen MR) is 104 cm³/mol. The standard InChI is InChI=1S/C19H14BrClN2O2/c1-10-5-11-6-12(20)7-15-17(11)23(10)9-16(18(15)24)19(25)22-14-4-2-3-13(21)8-14/h2-4,6-10H,5H2,1H3,(H,22,25). The van der Waals surface area contributed by atoms with Crippen molar-refractivity contribution in [2.24, 2.45) is 0 Å². The molecule has 1 unspecified atom stereocenters. The van der Waals surface area contributed by atoms with E-state index >= 15 is 0 Å². The summed E-state index contributed by atoms with van der Waals surface area (Å²) in [6.07, 6.45) is 2.51. The quantitative estimate of drug-likeness (QED) is 0.652. The van der Waals surface area contributed by atoms with Crippen LogP contribution in [0.2, 0.25) is 5.02 Å². The van der Waals surface area contributed by atoms with Crippen LogP contribution < -0.4 is 10.7 Å². The number of carbonyl (C=O) groups excluding carboxylic acids is 1. The molecule has 25 heavy (non-hydrogen) atoms. The fraction of sp³-hybridized carbons (Fsp3) is 0.158. The van der Waals surface area contributed by atoms with Gasteiger partial charge >= 0.3 is 0 Å². The van der Waals surface area contributed by atoms with Crippen molar-refractivity contribution < 1.29 is 4.79 Å². The molecule has 0 spiro atoms. The van der Waals surface area contributed by atoms with Gasteiger partial charge in [-0.1, -0.05) is 33.6 Å². The molecule has 0 saturated carbocycles. The number of carbonyl (C=O) groups is 1. The van der Waals surface area contributed by atoms with Gasteiger partial charge in [0.2, 0.25) is 5.43 Å². The topological polar surface area (TPSA) is 51.1 Å². The number of halogens is 2. The number of pyridine rings is 1. The SMILES string of the molecule is CC1Cc2cc(Br)cc3c(=O)c(C(=O)Nc4cccc(Cl)c4)cn1c23. The third-order valence-corrected chi connectivity index (χ3v) is 5.18. The minimum Gasteiger partial charge on any atom is -0.343 e. The van der Waals surface area contributed by atoms with Crippen LogP contribution in [0.15, 0.2) is 51.9 Å². The monoisotopic (exact) mass is 416 g/mol. The van der Waals surface area contributed by atoms with E-state index in [1.807, 2.05) is 10.6 Å². The lowest BCUT2D eigenvalue weighted by atomic mass is 10.1. The summed E-state index contributed by atoms with van der Waals surface area (Å²) in [6.45, 7) is 2.08. The number of nitrogens with one attached hydrogen (secondary N) is 1. The Kier molecular flexibility index (Phi) is 3.93. The van der Waals surface area contributed by atoms with E-state index in [2.05, 4.69) is 28.2 Å². The highest BCUT2D eigenvalue weighted by Gasteiger charge is 2.25. The molecule has 2 aromatic carbocycles. The minimum atomic E-state index is -0.432. The maximum absolute atomic E-state index is 12.9. The Morgan fingerprint density at radius 2 is 2.12 bits per heavy atom. The molecule has 6 heteroatoms. The second kappa shape index (κ2) is 6.00. The maximum atomic E-state index is 12.9. The Morgan fingerprint density at radius 3 is 2.88 bits per heavy atom. The highest BCUT2D eigenvalue weighted by Crippen LogP contribution is 2.33. The number of aromatic nitrogens is 1. The maximum Gasteiger partial charge on any atom is 0.261 e. The van der Waals surface area contributed by atoms with Crippen LogP contribution in [0.3, 0.4) is 0 Å². The molecule has 1 N–H and O–H groups in total. The van der Waals surface area contributed by atoms with Gasteiger partial charge in [0, 0.05) is 32.8 Å². The van der Waals surface area contributed by atoms with Crippen molar-refractivity contribution in [3.63, 3.8) is 0 Å². The first-order valence-electron chi connectivity index (χ1n) is 7.88. The molecular formula is C19H14BrClN2O2. The summed E-state index contributed by atoms with van der Waals surface area (Å²) in [5, 5.41) is 3.84. The van der Waals surface area contributed by atoms with Gasteiger partial charge in [-0.2, -0.15) is 0 Å². The van der Waals surface area contributed by atoms with E-state index < -0.39 is 5.91 Å². The lowest BCUT2D eigenvalue weighted by molar-refractivity contribution is 0.102. The van der Waals surface area contributed by atoms with E-state index in [1.54, 1.807) is 36.5 Å². The zero-order valence-corrected chi connectivity index (χ0v) is 15.7. The van der Waals surface area contributed by atoms with Gasteiger partial charge in [-0.15, -0.1) is 0 Å². The fourth-order valence-corrected chi connectivity index (χ4v) is 4.08. The van der Waals surface area contributed by atoms with Crippen LogP contribution in [0.25, 0.3) is 10.9 Å². The van der Waals surface area contributed by atoms with E-state index in [4.69, 9.17) is 11.6 Å². The fourth-order valence-electron chi connectivity index (χ4n) is 3.39. The number of nitrogens with zero attached hydrogens (tertiary/aromatic N) is 1. The van der Waals surface area contributed by atoms with Gasteiger partial charge in [0.05, 0.1) is 5.52 Å². The summed E-state index contributed by atoms with van der Waals surface area (Å²) < 4.78 is 2.87. The van der Waals surface area contributed by atoms with Crippen molar-refractivity contribution in [2.75, 3.05) is 5.32 Å². The van der Waals surface area contributed by atoms with E-state index in [-0.39, 0.29) is 17.0 Å². The number of rotatable bonds is 2. The highest BCUT2D eigenvalue weighted by atomic mass is 79.9. The molecule has 4 nitrogen and oxygen atoms in total. The molecule has 0 bridgehead atoms. The van der Waals surface area contributed by atoms with Crippen molar-refractivity contribution in [3.05, 3.63) is 73.4 Å². The van der Waals surface area contributed by atoms with Crippen LogP contribution in [-0.2, 0) is 6.42 Å². The van der Waals surface area contributed by atoms with E-state index in [9.17, 15) is 9.59 Å². The lowest BCUT2D eigenvalue weighted by Crippen LogP contribution is -2.23. The first kappa shape index (κ1) is 16.4. The van der Waals surface area contributed by atoms with Gasteiger partial charge in [-0.05, 0) is 49.2 Å². The predicted octanol–water partition coefficient (Wildman–Crippen LogP) is 4.79. The van der Waals surface area contributed by atoms with Crippen LogP contribution >= 0.6 is 27.5 Å². The first-order chi connectivity index (χ1) is 11.9. The molecule has 1 amide bonds. The summed E-state index contributed by atoms with van der Waals surface area (Å²) in [5.74, 6) is -0.432. The molecular weight excluding hydrogens is 404 g/mol. The van der Waals surface area contributed by atoms with Crippen molar-refractivity contribution in [3.8, 4) is 0 Å². The number of benzene rings is 2. The van der Waals surface area contributed by atoms with Crippen LogP contribution in [0.4, 0.5) is 5.69 Å². The number of hydrogen-bond acceptors (Lipinski definition) is 2. The summed E-state index contributed by atoms with van der Waals surface area (Å²) >= 11 is 9.41. The zero-order valence-electron chi connectivity index (χ0n) is 13.3. The lowest BCUT2D eigenvalue weighted by Gasteiger charge is -2.13. The third kappa shape index (κ3) is 2.77. The largest absolute Gasteiger partial charge is 0.343 e. The van der Waals surface area contributed by atoms with Gasteiger partial charge < -0.3 is 9.88 Å². The van der Waals surface area contributed by atoms with Gasteiger partial charge in [0.25, 0.3) is 5.91 Å². The second-order valence-corrected chi connectivity index (χ2v) is 7.61. The summed E-state index contributed by atoms with van der Waals surface area (Å²) in [4.78, 5) is 25.6. The van der Waals surface area contributed by atoms with Crippen molar-refractivity contribution >= 4 is 50.0 Å². The smallest absolute Gasteiger partial charge is 0.261 e. The Labute approximate surface area is 157 Å². The molecule has 0 aliphatic carbocycles. The molecule has 2 heterocycles. The molecule has 126 valence electrons. The second-order valence-electron chi connectivity index (χ2n) is 6.26. The van der Waals surface area contributed by atoms with Gasteiger partial charge in [-0.3, -0.25) is 9.59 Å². The molecule has 1 atom stereocenters. The summed E-state index contributed by atoms with van der Waals surface area (Å²) in [5.41, 5.74) is 2.46. The average molecular weight is 418 g/mol. The molecule has 0 saturated heterocycles. The Bertz CT molecular complexity index is 1090. The molecule has 4 rings (SSSR count). The van der Waals surface area contributed by atoms with Gasteiger partial charge in [-0.25, -0.2) is 0 Å². The van der Waals surface area contributed by atoms with Crippen LogP contribution in [0.1, 0.15) is 28.9 Å². The Morgan fingerprint density at radius 1 is 1.32 bits per heavy atom. The summed E-state index contributed by atoms with van der Waals surface area (Å²) in [7, 11) is 0. The van der Waals surface area contributed by atoms with Gasteiger partial charge in [0.1, 0.15) is 5.56 Å². The van der Waals surface area contributed by atoms with Crippen LogP contribution in [0, 0.1) is 0 Å².